The Morgan fingerprint density at radius 3 is 2.26 bits per heavy atom. The zero-order valence-electron chi connectivity index (χ0n) is 23.2. The first-order valence-electron chi connectivity index (χ1n) is 13.5. The molecule has 0 amide bonds. The highest BCUT2D eigenvalue weighted by molar-refractivity contribution is 8.93. The molecule has 212 valence electrons. The topological polar surface area (TPSA) is 54.8 Å². The highest BCUT2D eigenvalue weighted by atomic mass is 79.9. The van der Waals surface area contributed by atoms with Crippen LogP contribution in [-0.2, 0) is 6.42 Å². The second-order valence-electron chi connectivity index (χ2n) is 9.93. The van der Waals surface area contributed by atoms with Crippen molar-refractivity contribution in [3.63, 3.8) is 0 Å². The number of carbonyl (C=O) groups is 1. The Morgan fingerprint density at radius 1 is 0.929 bits per heavy atom. The lowest BCUT2D eigenvalue weighted by molar-refractivity contribution is 0.0735. The van der Waals surface area contributed by atoms with Gasteiger partial charge in [-0.1, -0.05) is 90.0 Å². The summed E-state index contributed by atoms with van der Waals surface area (Å²) in [6.07, 6.45) is 1.61. The molecule has 0 fully saturated rings. The van der Waals surface area contributed by atoms with Gasteiger partial charge in [0.15, 0.2) is 0 Å². The van der Waals surface area contributed by atoms with E-state index >= 15 is 0 Å². The normalized spacial score (nSPS) is 14.3. The van der Waals surface area contributed by atoms with Gasteiger partial charge in [-0.2, -0.15) is 5.10 Å². The van der Waals surface area contributed by atoms with Crippen LogP contribution in [0.4, 0.5) is 5.13 Å². The lowest BCUT2D eigenvalue weighted by Gasteiger charge is -2.21. The fourth-order valence-corrected chi connectivity index (χ4v) is 6.02. The molecular weight excluding hydrogens is 630 g/mol. The molecule has 0 saturated carbocycles. The zero-order valence-corrected chi connectivity index (χ0v) is 26.4. The van der Waals surface area contributed by atoms with Crippen molar-refractivity contribution in [3.8, 4) is 17.0 Å². The number of halogens is 2. The minimum absolute atomic E-state index is 0. The molecule has 5 aromatic rings. The predicted molar refractivity (Wildman–Crippen MR) is 178 cm³/mol. The molecule has 5 nitrogen and oxygen atoms in total. The van der Waals surface area contributed by atoms with Crippen LogP contribution >= 0.6 is 39.9 Å². The van der Waals surface area contributed by atoms with Gasteiger partial charge in [-0.3, -0.25) is 0 Å². The number of anilines is 1. The molecule has 1 unspecified atom stereocenters. The van der Waals surface area contributed by atoms with Crippen LogP contribution in [0.15, 0.2) is 108 Å². The fraction of sp³-hybridized carbons (Fsp3) is 0.147. The van der Waals surface area contributed by atoms with Crippen LogP contribution in [0.1, 0.15) is 51.3 Å². The number of thiazole rings is 1. The average molecular weight is 659 g/mol. The van der Waals surface area contributed by atoms with Gasteiger partial charge in [0.2, 0.25) is 5.13 Å². The Bertz CT molecular complexity index is 1700. The van der Waals surface area contributed by atoms with Crippen molar-refractivity contribution in [2.75, 3.05) is 5.01 Å². The summed E-state index contributed by atoms with van der Waals surface area (Å²) in [4.78, 5) is 18.8. The third-order valence-corrected chi connectivity index (χ3v) is 8.54. The number of rotatable bonds is 7. The largest absolute Gasteiger partial charge is 0.423 e. The van der Waals surface area contributed by atoms with Crippen molar-refractivity contribution in [2.45, 2.75) is 32.7 Å². The summed E-state index contributed by atoms with van der Waals surface area (Å²) in [6.45, 7) is 4.23. The van der Waals surface area contributed by atoms with Gasteiger partial charge in [0.25, 0.3) is 0 Å². The maximum Gasteiger partial charge on any atom is 0.343 e. The van der Waals surface area contributed by atoms with Crippen LogP contribution < -0.4 is 9.75 Å². The van der Waals surface area contributed by atoms with Gasteiger partial charge in [-0.15, -0.1) is 17.0 Å². The lowest BCUT2D eigenvalue weighted by atomic mass is 9.98. The SMILES string of the molecule is Br.CCc1sc(N2N=C(c3ccc(C)cc3)CC2c2ccc(Cl)cc2)nc1-c1ccc(OC(=O)c2ccccc2)cc1. The summed E-state index contributed by atoms with van der Waals surface area (Å²) < 4.78 is 5.57. The number of nitrogens with zero attached hydrogens (tertiary/aromatic N) is 3. The Labute approximate surface area is 265 Å². The molecule has 0 radical (unpaired) electrons. The van der Waals surface area contributed by atoms with E-state index in [1.165, 1.54) is 10.4 Å². The molecule has 0 N–H and O–H groups in total. The van der Waals surface area contributed by atoms with Crippen LogP contribution in [0.5, 0.6) is 5.75 Å². The maximum atomic E-state index is 12.5. The standard InChI is InChI=1S/C34H28ClN3O2S.BrH/c1-3-31-32(25-15-19-28(20-16-25)40-33(39)26-7-5-4-6-8-26)36-34(41-31)38-30(24-13-17-27(35)18-14-24)21-29(37-38)23-11-9-22(2)10-12-23;/h4-20,30H,3,21H2,1-2H3;1H. The molecule has 1 aliphatic heterocycles. The number of ether oxygens (including phenoxy) is 1. The van der Waals surface area contributed by atoms with Gasteiger partial charge in [0, 0.05) is 21.9 Å². The molecule has 0 saturated heterocycles. The number of benzene rings is 4. The summed E-state index contributed by atoms with van der Waals surface area (Å²) in [5.74, 6) is 0.110. The van der Waals surface area contributed by atoms with Gasteiger partial charge in [-0.05, 0) is 73.0 Å². The van der Waals surface area contributed by atoms with E-state index in [9.17, 15) is 4.79 Å². The highest BCUT2D eigenvalue weighted by Crippen LogP contribution is 2.42. The molecular formula is C34H29BrClN3O2S. The zero-order chi connectivity index (χ0) is 28.3. The minimum Gasteiger partial charge on any atom is -0.423 e. The van der Waals surface area contributed by atoms with E-state index in [0.717, 1.165) is 46.1 Å². The second kappa shape index (κ2) is 13.0. The first-order valence-corrected chi connectivity index (χ1v) is 14.7. The quantitative estimate of drug-likeness (QED) is 0.129. The number of carbonyl (C=O) groups excluding carboxylic acids is 1. The number of esters is 1. The second-order valence-corrected chi connectivity index (χ2v) is 11.4. The summed E-state index contributed by atoms with van der Waals surface area (Å²) in [5.41, 5.74) is 6.90. The summed E-state index contributed by atoms with van der Waals surface area (Å²) >= 11 is 7.87. The smallest absolute Gasteiger partial charge is 0.343 e. The summed E-state index contributed by atoms with van der Waals surface area (Å²) in [6, 6.07) is 33.0. The van der Waals surface area contributed by atoms with Gasteiger partial charge >= 0.3 is 5.97 Å². The Morgan fingerprint density at radius 2 is 1.60 bits per heavy atom. The average Bonchev–Trinajstić information content (AvgIpc) is 3.64. The van der Waals surface area contributed by atoms with Crippen LogP contribution in [-0.4, -0.2) is 16.7 Å². The van der Waals surface area contributed by atoms with E-state index < -0.39 is 0 Å². The van der Waals surface area contributed by atoms with E-state index in [1.807, 2.05) is 54.6 Å². The molecule has 0 bridgehead atoms. The van der Waals surface area contributed by atoms with E-state index in [4.69, 9.17) is 26.4 Å². The number of aryl methyl sites for hydroxylation is 2. The van der Waals surface area contributed by atoms with Crippen molar-refractivity contribution < 1.29 is 9.53 Å². The molecule has 8 heteroatoms. The van der Waals surface area contributed by atoms with Gasteiger partial charge in [-0.25, -0.2) is 14.8 Å². The molecule has 1 aliphatic rings. The Hall–Kier alpha value is -3.78. The van der Waals surface area contributed by atoms with E-state index in [-0.39, 0.29) is 29.0 Å². The highest BCUT2D eigenvalue weighted by Gasteiger charge is 2.32. The summed E-state index contributed by atoms with van der Waals surface area (Å²) in [5, 5.41) is 8.72. The van der Waals surface area contributed by atoms with Crippen molar-refractivity contribution in [1.29, 1.82) is 0 Å². The van der Waals surface area contributed by atoms with E-state index in [0.29, 0.717) is 16.3 Å². The minimum atomic E-state index is -0.381. The molecule has 1 aromatic heterocycles. The Balaban J connectivity index is 0.00000353. The number of hydrazone groups is 1. The predicted octanol–water partition coefficient (Wildman–Crippen LogP) is 9.49. The number of aromatic nitrogens is 1. The lowest BCUT2D eigenvalue weighted by Crippen LogP contribution is -2.18. The molecule has 0 spiro atoms. The fourth-order valence-electron chi connectivity index (χ4n) is 4.88. The van der Waals surface area contributed by atoms with Crippen molar-refractivity contribution in [1.82, 2.24) is 4.98 Å². The van der Waals surface area contributed by atoms with Crippen LogP contribution in [0.3, 0.4) is 0 Å². The van der Waals surface area contributed by atoms with Gasteiger partial charge < -0.3 is 4.74 Å². The molecule has 1 atom stereocenters. The van der Waals surface area contributed by atoms with Crippen LogP contribution in [0.2, 0.25) is 5.02 Å². The van der Waals surface area contributed by atoms with Crippen molar-refractivity contribution >= 4 is 56.7 Å². The van der Waals surface area contributed by atoms with E-state index in [2.05, 4.69) is 55.3 Å². The van der Waals surface area contributed by atoms with Gasteiger partial charge in [0.1, 0.15) is 5.75 Å². The van der Waals surface area contributed by atoms with Gasteiger partial charge in [0.05, 0.1) is 23.0 Å². The molecule has 42 heavy (non-hydrogen) atoms. The van der Waals surface area contributed by atoms with Crippen molar-refractivity contribution in [2.24, 2.45) is 5.10 Å². The number of hydrogen-bond acceptors (Lipinski definition) is 6. The third kappa shape index (κ3) is 6.33. The molecule has 2 heterocycles. The van der Waals surface area contributed by atoms with Crippen LogP contribution in [0, 0.1) is 6.92 Å². The third-order valence-electron chi connectivity index (χ3n) is 7.10. The van der Waals surface area contributed by atoms with E-state index in [1.54, 1.807) is 23.5 Å². The monoisotopic (exact) mass is 657 g/mol. The van der Waals surface area contributed by atoms with Crippen molar-refractivity contribution in [3.05, 3.63) is 135 Å². The first-order chi connectivity index (χ1) is 20.0. The number of hydrogen-bond donors (Lipinski definition) is 0. The molecule has 6 rings (SSSR count). The molecule has 0 aliphatic carbocycles. The first kappa shape index (κ1) is 29.7. The maximum absolute atomic E-state index is 12.5. The summed E-state index contributed by atoms with van der Waals surface area (Å²) in [7, 11) is 0. The van der Waals surface area contributed by atoms with Crippen LogP contribution in [0.25, 0.3) is 11.3 Å². The Kier molecular flexibility index (Phi) is 9.21. The molecule has 4 aromatic carbocycles.